The standard InChI is InChI=1S/2C6H10O4/c2*1-4(7)5(8)2-3-6(9)10/h5,8H,2-3H2,1H3,(H,9,10);4,7H,2-3H2,1H3,(H,9,10). The zero-order valence-electron chi connectivity index (χ0n) is 11.4. The van der Waals surface area contributed by atoms with E-state index in [0.29, 0.717) is 0 Å². The smallest absolute Gasteiger partial charge is 0.303 e. The quantitative estimate of drug-likeness (QED) is 0.472. The van der Waals surface area contributed by atoms with E-state index < -0.39 is 29.9 Å². The van der Waals surface area contributed by atoms with Gasteiger partial charge in [0.2, 0.25) is 0 Å². The van der Waals surface area contributed by atoms with Crippen LogP contribution in [0, 0.1) is 0 Å². The van der Waals surface area contributed by atoms with E-state index in [1.807, 2.05) is 0 Å². The van der Waals surface area contributed by atoms with Gasteiger partial charge in [0.05, 0.1) is 6.42 Å². The monoisotopic (exact) mass is 292 g/mol. The number of hydrogen-bond acceptors (Lipinski definition) is 6. The molecule has 2 atom stereocenters. The zero-order valence-corrected chi connectivity index (χ0v) is 11.4. The van der Waals surface area contributed by atoms with Crippen molar-refractivity contribution >= 4 is 23.5 Å². The van der Waals surface area contributed by atoms with E-state index in [9.17, 15) is 19.2 Å². The lowest BCUT2D eigenvalue weighted by Crippen LogP contribution is -2.17. The average molecular weight is 292 g/mol. The van der Waals surface area contributed by atoms with Gasteiger partial charge in [0.1, 0.15) is 12.2 Å². The Morgan fingerprint density at radius 1 is 0.900 bits per heavy atom. The van der Waals surface area contributed by atoms with Crippen molar-refractivity contribution in [2.75, 3.05) is 0 Å². The molecule has 0 aliphatic heterocycles. The molecule has 0 aliphatic carbocycles. The molecule has 0 aromatic heterocycles. The molecule has 8 heteroatoms. The van der Waals surface area contributed by atoms with Crippen molar-refractivity contribution in [3.05, 3.63) is 0 Å². The Morgan fingerprint density at radius 3 is 1.65 bits per heavy atom. The number of carboxylic acid groups (broad SMARTS) is 2. The Kier molecular flexibility index (Phi) is 11.3. The first-order chi connectivity index (χ1) is 9.07. The highest BCUT2D eigenvalue weighted by molar-refractivity contribution is 5.85. The molecule has 0 aromatic carbocycles. The summed E-state index contributed by atoms with van der Waals surface area (Å²) in [5.41, 5.74) is 0. The topological polar surface area (TPSA) is 149 Å². The maximum absolute atomic E-state index is 10.5. The molecule has 0 aliphatic rings. The predicted octanol–water partition coefficient (Wildman–Crippen LogP) is -0.398. The lowest BCUT2D eigenvalue weighted by molar-refractivity contribution is -0.139. The molecule has 2 unspecified atom stereocenters. The molecule has 0 bridgehead atoms. The van der Waals surface area contributed by atoms with Gasteiger partial charge in [-0.3, -0.25) is 19.2 Å². The van der Waals surface area contributed by atoms with E-state index in [2.05, 4.69) is 0 Å². The Balaban J connectivity index is 0. The van der Waals surface area contributed by atoms with Crippen LogP contribution < -0.4 is 0 Å². The lowest BCUT2D eigenvalue weighted by atomic mass is 10.1. The minimum atomic E-state index is -1.11. The third-order valence-electron chi connectivity index (χ3n) is 2.15. The highest BCUT2D eigenvalue weighted by atomic mass is 16.4. The second kappa shape index (κ2) is 11.1. The van der Waals surface area contributed by atoms with Crippen LogP contribution in [-0.2, 0) is 19.2 Å². The number of ketones is 2. The average Bonchev–Trinajstić information content (AvgIpc) is 2.33. The van der Waals surface area contributed by atoms with Gasteiger partial charge in [0.15, 0.2) is 11.6 Å². The molecule has 8 nitrogen and oxygen atoms in total. The first-order valence-electron chi connectivity index (χ1n) is 5.90. The third kappa shape index (κ3) is 14.3. The fraction of sp³-hybridized carbons (Fsp3) is 0.667. The Bertz CT molecular complexity index is 347. The molecular formula is C12H20O8. The first kappa shape index (κ1) is 20.5. The van der Waals surface area contributed by atoms with Gasteiger partial charge in [0, 0.05) is 12.8 Å². The summed E-state index contributed by atoms with van der Waals surface area (Å²) in [5, 5.41) is 33.6. The summed E-state index contributed by atoms with van der Waals surface area (Å²) < 4.78 is 0. The maximum Gasteiger partial charge on any atom is 0.303 e. The Hall–Kier alpha value is -1.80. The van der Waals surface area contributed by atoms with Crippen molar-refractivity contribution in [1.29, 1.82) is 0 Å². The fourth-order valence-electron chi connectivity index (χ4n) is 0.902. The van der Waals surface area contributed by atoms with Crippen molar-refractivity contribution < 1.29 is 39.6 Å². The molecule has 0 amide bonds. The van der Waals surface area contributed by atoms with E-state index >= 15 is 0 Å². The SMILES string of the molecule is CC(=O)C(O)CCC(=O)O.CC(O)C(=O)CCC(=O)O. The van der Waals surface area contributed by atoms with Crippen LogP contribution in [0.3, 0.4) is 0 Å². The van der Waals surface area contributed by atoms with E-state index in [1.165, 1.54) is 13.8 Å². The van der Waals surface area contributed by atoms with Crippen LogP contribution in [0.15, 0.2) is 0 Å². The van der Waals surface area contributed by atoms with Crippen molar-refractivity contribution in [3.8, 4) is 0 Å². The van der Waals surface area contributed by atoms with Gasteiger partial charge in [-0.1, -0.05) is 0 Å². The minimum Gasteiger partial charge on any atom is -0.481 e. The zero-order chi connectivity index (χ0) is 16.3. The Morgan fingerprint density at radius 2 is 1.35 bits per heavy atom. The molecule has 0 heterocycles. The van der Waals surface area contributed by atoms with Crippen molar-refractivity contribution in [2.24, 2.45) is 0 Å². The summed E-state index contributed by atoms with van der Waals surface area (Å²) >= 11 is 0. The maximum atomic E-state index is 10.5. The summed E-state index contributed by atoms with van der Waals surface area (Å²) in [4.78, 5) is 40.6. The summed E-state index contributed by atoms with van der Waals surface area (Å²) in [6.45, 7) is 2.55. The third-order valence-corrected chi connectivity index (χ3v) is 2.15. The number of aliphatic hydroxyl groups excluding tert-OH is 2. The number of carbonyl (C=O) groups is 4. The Labute approximate surface area is 116 Å². The first-order valence-corrected chi connectivity index (χ1v) is 5.90. The molecule has 0 saturated heterocycles. The number of hydrogen-bond donors (Lipinski definition) is 4. The highest BCUT2D eigenvalue weighted by Crippen LogP contribution is 1.97. The van der Waals surface area contributed by atoms with Crippen LogP contribution in [0.25, 0.3) is 0 Å². The summed E-state index contributed by atoms with van der Waals surface area (Å²) in [7, 11) is 0. The second-order valence-electron chi connectivity index (χ2n) is 4.09. The molecule has 116 valence electrons. The van der Waals surface area contributed by atoms with Crippen molar-refractivity contribution in [1.82, 2.24) is 0 Å². The van der Waals surface area contributed by atoms with Gasteiger partial charge in [-0.2, -0.15) is 0 Å². The summed E-state index contributed by atoms with van der Waals surface area (Å²) in [5.74, 6) is -2.84. The second-order valence-corrected chi connectivity index (χ2v) is 4.09. The number of Topliss-reactive ketones (excluding diaryl/α,β-unsaturated/α-hetero) is 2. The van der Waals surface area contributed by atoms with Gasteiger partial charge in [-0.05, 0) is 20.3 Å². The molecule has 0 spiro atoms. The van der Waals surface area contributed by atoms with Gasteiger partial charge in [-0.15, -0.1) is 0 Å². The highest BCUT2D eigenvalue weighted by Gasteiger charge is 2.11. The van der Waals surface area contributed by atoms with E-state index in [0.717, 1.165) is 0 Å². The van der Waals surface area contributed by atoms with Crippen LogP contribution in [0.4, 0.5) is 0 Å². The molecular weight excluding hydrogens is 272 g/mol. The molecule has 0 radical (unpaired) electrons. The van der Waals surface area contributed by atoms with Crippen LogP contribution in [0.5, 0.6) is 0 Å². The minimum absolute atomic E-state index is 0.00463. The van der Waals surface area contributed by atoms with Crippen LogP contribution in [0.2, 0.25) is 0 Å². The van der Waals surface area contributed by atoms with Gasteiger partial charge < -0.3 is 20.4 Å². The molecule has 0 saturated carbocycles. The molecule has 0 fully saturated rings. The molecule has 20 heavy (non-hydrogen) atoms. The number of carboxylic acids is 2. The lowest BCUT2D eigenvalue weighted by Gasteiger charge is -2.01. The molecule has 4 N–H and O–H groups in total. The number of aliphatic hydroxyl groups is 2. The van der Waals surface area contributed by atoms with E-state index in [4.69, 9.17) is 20.4 Å². The number of aliphatic carboxylic acids is 2. The van der Waals surface area contributed by atoms with Gasteiger partial charge >= 0.3 is 11.9 Å². The normalized spacial score (nSPS) is 12.6. The molecule has 0 rings (SSSR count). The fourth-order valence-corrected chi connectivity index (χ4v) is 0.902. The van der Waals surface area contributed by atoms with Crippen LogP contribution >= 0.6 is 0 Å². The largest absolute Gasteiger partial charge is 0.481 e. The molecule has 0 aromatic rings. The van der Waals surface area contributed by atoms with Crippen LogP contribution in [-0.4, -0.2) is 56.1 Å². The summed E-state index contributed by atoms with van der Waals surface area (Å²) in [6, 6.07) is 0. The van der Waals surface area contributed by atoms with Crippen LogP contribution in [0.1, 0.15) is 39.5 Å². The number of carbonyl (C=O) groups excluding carboxylic acids is 2. The van der Waals surface area contributed by atoms with Crippen molar-refractivity contribution in [2.45, 2.75) is 51.7 Å². The summed E-state index contributed by atoms with van der Waals surface area (Å²) in [6.07, 6.45) is -2.61. The van der Waals surface area contributed by atoms with Gasteiger partial charge in [-0.25, -0.2) is 0 Å². The van der Waals surface area contributed by atoms with Gasteiger partial charge in [0.25, 0.3) is 0 Å². The number of rotatable bonds is 8. The van der Waals surface area contributed by atoms with E-state index in [1.54, 1.807) is 0 Å². The van der Waals surface area contributed by atoms with Crippen molar-refractivity contribution in [3.63, 3.8) is 0 Å². The predicted molar refractivity (Wildman–Crippen MR) is 67.1 cm³/mol. The van der Waals surface area contributed by atoms with E-state index in [-0.39, 0.29) is 31.5 Å².